The van der Waals surface area contributed by atoms with Crippen molar-refractivity contribution in [2.24, 2.45) is 5.92 Å². The van der Waals surface area contributed by atoms with Crippen molar-refractivity contribution < 1.29 is 14.7 Å². The summed E-state index contributed by atoms with van der Waals surface area (Å²) < 4.78 is 0. The van der Waals surface area contributed by atoms with Gasteiger partial charge in [-0.15, -0.1) is 0 Å². The van der Waals surface area contributed by atoms with Crippen LogP contribution < -0.4 is 0 Å². The minimum absolute atomic E-state index is 0.108. The minimum Gasteiger partial charge on any atom is -0.393 e. The molecule has 0 radical (unpaired) electrons. The zero-order valence-corrected chi connectivity index (χ0v) is 8.86. The van der Waals surface area contributed by atoms with Crippen molar-refractivity contribution >= 4 is 11.8 Å². The summed E-state index contributed by atoms with van der Waals surface area (Å²) in [5.74, 6) is -0.419. The van der Waals surface area contributed by atoms with E-state index in [-0.39, 0.29) is 23.8 Å². The number of likely N-dealkylation sites (tertiary alicyclic amines) is 1. The molecule has 1 aliphatic rings. The summed E-state index contributed by atoms with van der Waals surface area (Å²) in [5, 5.41) is 9.17. The van der Waals surface area contributed by atoms with E-state index < -0.39 is 6.10 Å². The first-order valence-electron chi connectivity index (χ1n) is 4.97. The first kappa shape index (κ1) is 11.2. The van der Waals surface area contributed by atoms with Crippen LogP contribution in [-0.4, -0.2) is 34.0 Å². The Hall–Kier alpha value is -0.900. The highest BCUT2D eigenvalue weighted by molar-refractivity contribution is 6.03. The third-order valence-corrected chi connectivity index (χ3v) is 2.53. The highest BCUT2D eigenvalue weighted by Crippen LogP contribution is 2.22. The van der Waals surface area contributed by atoms with Crippen LogP contribution in [0.4, 0.5) is 0 Å². The van der Waals surface area contributed by atoms with Crippen LogP contribution in [0.1, 0.15) is 33.6 Å². The normalized spacial score (nSPS) is 26.9. The Kier molecular flexibility index (Phi) is 3.26. The van der Waals surface area contributed by atoms with E-state index in [4.69, 9.17) is 0 Å². The van der Waals surface area contributed by atoms with Gasteiger partial charge in [0.15, 0.2) is 0 Å². The van der Waals surface area contributed by atoms with E-state index in [1.54, 1.807) is 20.8 Å². The number of imide groups is 1. The summed E-state index contributed by atoms with van der Waals surface area (Å²) in [6.07, 6.45) is 0.272. The number of carbonyl (C=O) groups is 2. The molecule has 0 aliphatic carbocycles. The molecule has 4 nitrogen and oxygen atoms in total. The van der Waals surface area contributed by atoms with Crippen LogP contribution in [-0.2, 0) is 9.59 Å². The third kappa shape index (κ3) is 2.12. The second-order valence-corrected chi connectivity index (χ2v) is 4.14. The Morgan fingerprint density at radius 3 is 2.43 bits per heavy atom. The molecule has 4 heteroatoms. The SMILES string of the molecule is CC(O)CC(C)N1C(=O)CC(C)C1=O. The number of hydrogen-bond donors (Lipinski definition) is 1. The molecule has 0 aromatic carbocycles. The Balaban J connectivity index is 2.67. The largest absolute Gasteiger partial charge is 0.393 e. The molecule has 0 bridgehead atoms. The predicted molar refractivity (Wildman–Crippen MR) is 51.4 cm³/mol. The maximum atomic E-state index is 11.6. The number of hydrogen-bond acceptors (Lipinski definition) is 3. The zero-order chi connectivity index (χ0) is 10.9. The smallest absolute Gasteiger partial charge is 0.232 e. The van der Waals surface area contributed by atoms with Crippen LogP contribution >= 0.6 is 0 Å². The van der Waals surface area contributed by atoms with E-state index in [1.165, 1.54) is 4.90 Å². The van der Waals surface area contributed by atoms with Crippen molar-refractivity contribution in [2.45, 2.75) is 45.8 Å². The monoisotopic (exact) mass is 199 g/mol. The van der Waals surface area contributed by atoms with Crippen LogP contribution in [0.2, 0.25) is 0 Å². The molecular weight excluding hydrogens is 182 g/mol. The van der Waals surface area contributed by atoms with Gasteiger partial charge in [0.25, 0.3) is 0 Å². The van der Waals surface area contributed by atoms with Crippen molar-refractivity contribution in [3.05, 3.63) is 0 Å². The predicted octanol–water partition coefficient (Wildman–Crippen LogP) is 0.541. The van der Waals surface area contributed by atoms with Crippen molar-refractivity contribution in [1.29, 1.82) is 0 Å². The number of aliphatic hydroxyl groups is 1. The molecule has 2 amide bonds. The van der Waals surface area contributed by atoms with Gasteiger partial charge in [0, 0.05) is 18.4 Å². The first-order chi connectivity index (χ1) is 6.43. The average molecular weight is 199 g/mol. The van der Waals surface area contributed by atoms with E-state index >= 15 is 0 Å². The summed E-state index contributed by atoms with van der Waals surface area (Å²) in [6, 6.07) is -0.194. The summed E-state index contributed by atoms with van der Waals surface area (Å²) in [6.45, 7) is 5.21. The lowest BCUT2D eigenvalue weighted by molar-refractivity contribution is -0.142. The number of aliphatic hydroxyl groups excluding tert-OH is 1. The minimum atomic E-state index is -0.485. The molecule has 1 aliphatic heterocycles. The molecule has 0 saturated carbocycles. The molecule has 1 fully saturated rings. The first-order valence-corrected chi connectivity index (χ1v) is 4.97. The standard InChI is InChI=1S/C10H17NO3/c1-6-4-9(13)11(10(6)14)7(2)5-8(3)12/h6-8,12H,4-5H2,1-3H3. The molecule has 0 aromatic heterocycles. The maximum Gasteiger partial charge on any atom is 0.232 e. The fourth-order valence-corrected chi connectivity index (χ4v) is 1.87. The lowest BCUT2D eigenvalue weighted by Gasteiger charge is -2.23. The average Bonchev–Trinajstić information content (AvgIpc) is 2.25. The van der Waals surface area contributed by atoms with Crippen LogP contribution in [0.3, 0.4) is 0 Å². The van der Waals surface area contributed by atoms with E-state index in [1.807, 2.05) is 0 Å². The summed E-state index contributed by atoms with van der Waals surface area (Å²) >= 11 is 0. The van der Waals surface area contributed by atoms with Crippen molar-refractivity contribution in [2.75, 3.05) is 0 Å². The molecule has 1 saturated heterocycles. The number of nitrogens with zero attached hydrogens (tertiary/aromatic N) is 1. The van der Waals surface area contributed by atoms with Crippen LogP contribution in [0.25, 0.3) is 0 Å². The van der Waals surface area contributed by atoms with Crippen LogP contribution in [0.15, 0.2) is 0 Å². The number of amides is 2. The maximum absolute atomic E-state index is 11.6. The van der Waals surface area contributed by atoms with Gasteiger partial charge in [0.2, 0.25) is 11.8 Å². The number of rotatable bonds is 3. The second-order valence-electron chi connectivity index (χ2n) is 4.14. The lowest BCUT2D eigenvalue weighted by atomic mass is 10.1. The third-order valence-electron chi connectivity index (χ3n) is 2.53. The van der Waals surface area contributed by atoms with Gasteiger partial charge >= 0.3 is 0 Å². The van der Waals surface area contributed by atoms with E-state index in [0.717, 1.165) is 0 Å². The van der Waals surface area contributed by atoms with Gasteiger partial charge in [-0.2, -0.15) is 0 Å². The van der Waals surface area contributed by atoms with Gasteiger partial charge in [-0.05, 0) is 20.3 Å². The van der Waals surface area contributed by atoms with Gasteiger partial charge in [-0.25, -0.2) is 0 Å². The quantitative estimate of drug-likeness (QED) is 0.675. The van der Waals surface area contributed by atoms with E-state index in [9.17, 15) is 14.7 Å². The molecule has 1 heterocycles. The van der Waals surface area contributed by atoms with Gasteiger partial charge in [-0.3, -0.25) is 14.5 Å². The fourth-order valence-electron chi connectivity index (χ4n) is 1.87. The highest BCUT2D eigenvalue weighted by Gasteiger charge is 2.38. The van der Waals surface area contributed by atoms with Crippen LogP contribution in [0.5, 0.6) is 0 Å². The Bertz CT molecular complexity index is 250. The van der Waals surface area contributed by atoms with E-state index in [0.29, 0.717) is 12.8 Å². The fraction of sp³-hybridized carbons (Fsp3) is 0.800. The van der Waals surface area contributed by atoms with Gasteiger partial charge in [0.1, 0.15) is 0 Å². The van der Waals surface area contributed by atoms with Gasteiger partial charge in [-0.1, -0.05) is 6.92 Å². The summed E-state index contributed by atoms with van der Waals surface area (Å²) in [4.78, 5) is 24.3. The van der Waals surface area contributed by atoms with Crippen molar-refractivity contribution in [3.63, 3.8) is 0 Å². The Morgan fingerprint density at radius 1 is 1.50 bits per heavy atom. The summed E-state index contributed by atoms with van der Waals surface area (Å²) in [5.41, 5.74) is 0. The summed E-state index contributed by atoms with van der Waals surface area (Å²) in [7, 11) is 0. The molecular formula is C10H17NO3. The molecule has 0 aromatic rings. The highest BCUT2D eigenvalue weighted by atomic mass is 16.3. The topological polar surface area (TPSA) is 57.6 Å². The molecule has 1 rings (SSSR count). The molecule has 80 valence electrons. The Labute approximate surface area is 83.9 Å². The van der Waals surface area contributed by atoms with Gasteiger partial charge < -0.3 is 5.11 Å². The van der Waals surface area contributed by atoms with E-state index in [2.05, 4.69) is 0 Å². The zero-order valence-electron chi connectivity index (χ0n) is 8.86. The molecule has 0 spiro atoms. The van der Waals surface area contributed by atoms with Crippen molar-refractivity contribution in [1.82, 2.24) is 4.90 Å². The Morgan fingerprint density at radius 2 is 2.07 bits per heavy atom. The molecule has 1 N–H and O–H groups in total. The molecule has 3 atom stereocenters. The molecule has 14 heavy (non-hydrogen) atoms. The lowest BCUT2D eigenvalue weighted by Crippen LogP contribution is -2.39. The van der Waals surface area contributed by atoms with Crippen molar-refractivity contribution in [3.8, 4) is 0 Å². The van der Waals surface area contributed by atoms with Gasteiger partial charge in [0.05, 0.1) is 6.10 Å². The number of carbonyl (C=O) groups excluding carboxylic acids is 2. The second kappa shape index (κ2) is 4.09. The molecule has 3 unspecified atom stereocenters. The van der Waals surface area contributed by atoms with Crippen LogP contribution in [0, 0.1) is 5.92 Å².